The van der Waals surface area contributed by atoms with E-state index < -0.39 is 0 Å². The second kappa shape index (κ2) is 4.33. The molecule has 2 rings (SSSR count). The number of furan rings is 1. The molecule has 0 bridgehead atoms. The van der Waals surface area contributed by atoms with Crippen LogP contribution in [0.3, 0.4) is 0 Å². The molecule has 0 radical (unpaired) electrons. The van der Waals surface area contributed by atoms with Crippen molar-refractivity contribution in [2.24, 2.45) is 0 Å². The quantitative estimate of drug-likeness (QED) is 0.823. The van der Waals surface area contributed by atoms with E-state index in [0.29, 0.717) is 10.6 Å². The van der Waals surface area contributed by atoms with Crippen LogP contribution in [0.1, 0.15) is 21.1 Å². The monoisotopic (exact) mass is 250 g/mol. The first kappa shape index (κ1) is 11.9. The number of hydrogen-bond acceptors (Lipinski definition) is 4. The van der Waals surface area contributed by atoms with Crippen molar-refractivity contribution in [2.75, 3.05) is 14.1 Å². The molecule has 0 unspecified atom stereocenters. The second-order valence-electron chi connectivity index (χ2n) is 4.04. The van der Waals surface area contributed by atoms with Gasteiger partial charge in [0.25, 0.3) is 5.91 Å². The summed E-state index contributed by atoms with van der Waals surface area (Å²) in [6.45, 7) is 3.72. The molecule has 0 N–H and O–H groups in total. The topological polar surface area (TPSA) is 46.3 Å². The molecule has 0 aromatic carbocycles. The third-order valence-corrected chi connectivity index (χ3v) is 3.51. The van der Waals surface area contributed by atoms with Gasteiger partial charge in [0, 0.05) is 14.1 Å². The Bertz CT molecular complexity index is 555. The van der Waals surface area contributed by atoms with E-state index in [0.717, 1.165) is 16.5 Å². The number of carbonyl (C=O) groups is 1. The molecular weight excluding hydrogens is 236 g/mol. The predicted octanol–water partition coefficient (Wildman–Crippen LogP) is 2.72. The van der Waals surface area contributed by atoms with Crippen LogP contribution in [0.15, 0.2) is 16.5 Å². The van der Waals surface area contributed by atoms with Crippen molar-refractivity contribution in [3.63, 3.8) is 0 Å². The van der Waals surface area contributed by atoms with Crippen molar-refractivity contribution in [3.05, 3.63) is 28.5 Å². The second-order valence-corrected chi connectivity index (χ2v) is 5.04. The van der Waals surface area contributed by atoms with Crippen LogP contribution in [0.4, 0.5) is 0 Å². The maximum Gasteiger partial charge on any atom is 0.265 e. The van der Waals surface area contributed by atoms with E-state index in [9.17, 15) is 4.79 Å². The normalized spacial score (nSPS) is 10.6. The lowest BCUT2D eigenvalue weighted by atomic mass is 10.3. The number of hydrogen-bond donors (Lipinski definition) is 0. The van der Waals surface area contributed by atoms with Crippen LogP contribution >= 0.6 is 11.3 Å². The fourth-order valence-electron chi connectivity index (χ4n) is 1.45. The molecule has 0 fully saturated rings. The van der Waals surface area contributed by atoms with Crippen LogP contribution < -0.4 is 0 Å². The number of carbonyl (C=O) groups excluding carboxylic acids is 1. The lowest BCUT2D eigenvalue weighted by Crippen LogP contribution is -2.21. The number of amides is 1. The van der Waals surface area contributed by atoms with Gasteiger partial charge in [-0.3, -0.25) is 4.79 Å². The Morgan fingerprint density at radius 3 is 2.59 bits per heavy atom. The molecule has 4 nitrogen and oxygen atoms in total. The third-order valence-electron chi connectivity index (χ3n) is 2.35. The zero-order valence-corrected chi connectivity index (χ0v) is 11.1. The van der Waals surface area contributed by atoms with Crippen molar-refractivity contribution in [1.82, 2.24) is 9.88 Å². The Hall–Kier alpha value is -1.62. The average molecular weight is 250 g/mol. The highest BCUT2D eigenvalue weighted by Gasteiger charge is 2.18. The van der Waals surface area contributed by atoms with E-state index in [2.05, 4.69) is 4.98 Å². The molecule has 0 aliphatic rings. The summed E-state index contributed by atoms with van der Waals surface area (Å²) in [5.41, 5.74) is 0.748. The van der Waals surface area contributed by atoms with E-state index in [1.165, 1.54) is 11.3 Å². The van der Waals surface area contributed by atoms with E-state index in [4.69, 9.17) is 4.42 Å². The highest BCUT2D eigenvalue weighted by molar-refractivity contribution is 7.17. The minimum absolute atomic E-state index is 0.0190. The molecule has 2 aromatic rings. The molecule has 2 aromatic heterocycles. The van der Waals surface area contributed by atoms with Crippen LogP contribution in [0, 0.1) is 13.8 Å². The van der Waals surface area contributed by atoms with Gasteiger partial charge in [-0.2, -0.15) is 0 Å². The van der Waals surface area contributed by atoms with E-state index in [1.54, 1.807) is 19.0 Å². The molecule has 0 spiro atoms. The summed E-state index contributed by atoms with van der Waals surface area (Å²) in [6, 6.07) is 3.76. The molecule has 0 aliphatic carbocycles. The van der Waals surface area contributed by atoms with Crippen LogP contribution in [0.5, 0.6) is 0 Å². The summed E-state index contributed by atoms with van der Waals surface area (Å²) in [4.78, 5) is 18.5. The summed E-state index contributed by atoms with van der Waals surface area (Å²) in [5, 5.41) is 0.751. The van der Waals surface area contributed by atoms with Crippen LogP contribution in [0.2, 0.25) is 0 Å². The highest BCUT2D eigenvalue weighted by Crippen LogP contribution is 2.29. The highest BCUT2D eigenvalue weighted by atomic mass is 32.1. The van der Waals surface area contributed by atoms with Crippen LogP contribution in [-0.4, -0.2) is 29.9 Å². The zero-order chi connectivity index (χ0) is 12.6. The first-order valence-corrected chi connectivity index (χ1v) is 6.06. The van der Waals surface area contributed by atoms with Crippen LogP contribution in [-0.2, 0) is 0 Å². The number of nitrogens with zero attached hydrogens (tertiary/aromatic N) is 2. The van der Waals surface area contributed by atoms with Gasteiger partial charge in [0.2, 0.25) is 0 Å². The molecule has 90 valence electrons. The Balaban J connectivity index is 2.40. The first-order valence-electron chi connectivity index (χ1n) is 5.25. The summed E-state index contributed by atoms with van der Waals surface area (Å²) in [5.74, 6) is 1.54. The Kier molecular flexibility index (Phi) is 3.02. The predicted molar refractivity (Wildman–Crippen MR) is 67.3 cm³/mol. The van der Waals surface area contributed by atoms with Gasteiger partial charge in [-0.15, -0.1) is 11.3 Å². The third kappa shape index (κ3) is 2.24. The fraction of sp³-hybridized carbons (Fsp3) is 0.333. The van der Waals surface area contributed by atoms with Crippen molar-refractivity contribution < 1.29 is 9.21 Å². The largest absolute Gasteiger partial charge is 0.459 e. The summed E-state index contributed by atoms with van der Waals surface area (Å²) in [6.07, 6.45) is 0. The van der Waals surface area contributed by atoms with Crippen LogP contribution in [0.25, 0.3) is 10.8 Å². The number of rotatable bonds is 2. The van der Waals surface area contributed by atoms with Crippen molar-refractivity contribution >= 4 is 17.2 Å². The molecule has 0 aliphatic heterocycles. The SMILES string of the molecule is Cc1ccc(-c2nc(C)c(C(=O)N(C)C)s2)o1. The molecule has 0 atom stereocenters. The van der Waals surface area contributed by atoms with Crippen molar-refractivity contribution in [2.45, 2.75) is 13.8 Å². The number of thiazole rings is 1. The molecule has 0 saturated heterocycles. The van der Waals surface area contributed by atoms with Gasteiger partial charge in [0.05, 0.1) is 5.69 Å². The maximum atomic E-state index is 11.9. The minimum Gasteiger partial charge on any atom is -0.459 e. The molecular formula is C12H14N2O2S. The minimum atomic E-state index is -0.0190. The summed E-state index contributed by atoms with van der Waals surface area (Å²) < 4.78 is 5.50. The Labute approximate surface area is 104 Å². The Morgan fingerprint density at radius 1 is 1.35 bits per heavy atom. The fourth-order valence-corrected chi connectivity index (χ4v) is 2.50. The van der Waals surface area contributed by atoms with E-state index in [-0.39, 0.29) is 5.91 Å². The summed E-state index contributed by atoms with van der Waals surface area (Å²) in [7, 11) is 3.47. The molecule has 1 amide bonds. The van der Waals surface area contributed by atoms with Crippen molar-refractivity contribution in [3.8, 4) is 10.8 Å². The van der Waals surface area contributed by atoms with Gasteiger partial charge < -0.3 is 9.32 Å². The zero-order valence-electron chi connectivity index (χ0n) is 10.3. The van der Waals surface area contributed by atoms with E-state index in [1.807, 2.05) is 26.0 Å². The van der Waals surface area contributed by atoms with Gasteiger partial charge in [-0.05, 0) is 26.0 Å². The summed E-state index contributed by atoms with van der Waals surface area (Å²) >= 11 is 1.37. The van der Waals surface area contributed by atoms with E-state index >= 15 is 0 Å². The average Bonchev–Trinajstić information content (AvgIpc) is 2.83. The van der Waals surface area contributed by atoms with Gasteiger partial charge in [-0.25, -0.2) is 4.98 Å². The maximum absolute atomic E-state index is 11.9. The molecule has 0 saturated carbocycles. The lowest BCUT2D eigenvalue weighted by molar-refractivity contribution is 0.0831. The lowest BCUT2D eigenvalue weighted by Gasteiger charge is -2.07. The smallest absolute Gasteiger partial charge is 0.265 e. The number of aryl methyl sites for hydroxylation is 2. The van der Waals surface area contributed by atoms with Gasteiger partial charge in [0.1, 0.15) is 10.6 Å². The molecule has 5 heteroatoms. The molecule has 17 heavy (non-hydrogen) atoms. The molecule has 2 heterocycles. The van der Waals surface area contributed by atoms with Gasteiger partial charge >= 0.3 is 0 Å². The Morgan fingerprint density at radius 2 is 2.06 bits per heavy atom. The van der Waals surface area contributed by atoms with Gasteiger partial charge in [0.15, 0.2) is 10.8 Å². The van der Waals surface area contributed by atoms with Gasteiger partial charge in [-0.1, -0.05) is 0 Å². The first-order chi connectivity index (χ1) is 7.99. The number of aromatic nitrogens is 1. The standard InChI is InChI=1S/C12H14N2O2S/c1-7-5-6-9(16-7)11-13-8(2)10(17-11)12(15)14(3)4/h5-6H,1-4H3. The van der Waals surface area contributed by atoms with Crippen molar-refractivity contribution in [1.29, 1.82) is 0 Å².